The number of nitrogens with zero attached hydrogens (tertiary/aromatic N) is 2. The lowest BCUT2D eigenvalue weighted by molar-refractivity contribution is -0.120. The van der Waals surface area contributed by atoms with Gasteiger partial charge in [-0.15, -0.1) is 0 Å². The summed E-state index contributed by atoms with van der Waals surface area (Å²) in [6, 6.07) is 8.05. The molecule has 1 amide bonds. The fourth-order valence-electron chi connectivity index (χ4n) is 3.22. The zero-order valence-electron chi connectivity index (χ0n) is 14.2. The van der Waals surface area contributed by atoms with Crippen LogP contribution in [0.3, 0.4) is 0 Å². The van der Waals surface area contributed by atoms with Crippen LogP contribution in [0, 0.1) is 5.92 Å². The van der Waals surface area contributed by atoms with E-state index < -0.39 is 0 Å². The van der Waals surface area contributed by atoms with Gasteiger partial charge < -0.3 is 5.32 Å². The van der Waals surface area contributed by atoms with Gasteiger partial charge in [0, 0.05) is 25.6 Å². The van der Waals surface area contributed by atoms with Gasteiger partial charge in [-0.1, -0.05) is 24.3 Å². The van der Waals surface area contributed by atoms with Gasteiger partial charge in [-0.05, 0) is 37.3 Å². The van der Waals surface area contributed by atoms with Crippen LogP contribution >= 0.6 is 0 Å². The number of aromatic nitrogens is 2. The van der Waals surface area contributed by atoms with Gasteiger partial charge in [0.05, 0.1) is 17.8 Å². The smallest absolute Gasteiger partial charge is 0.231 e. The Morgan fingerprint density at radius 1 is 1.38 bits per heavy atom. The van der Waals surface area contributed by atoms with Crippen molar-refractivity contribution in [3.8, 4) is 0 Å². The van der Waals surface area contributed by atoms with Gasteiger partial charge in [-0.3, -0.25) is 14.3 Å². The Kier molecular flexibility index (Phi) is 4.79. The first-order valence-corrected chi connectivity index (χ1v) is 8.44. The zero-order chi connectivity index (χ0) is 17.1. The lowest BCUT2D eigenvalue weighted by Gasteiger charge is -2.13. The molecule has 0 radical (unpaired) electrons. The fourth-order valence-corrected chi connectivity index (χ4v) is 3.22. The summed E-state index contributed by atoms with van der Waals surface area (Å²) in [5, 5.41) is 6.92. The highest BCUT2D eigenvalue weighted by molar-refractivity contribution is 5.95. The molecule has 1 aliphatic rings. The molecule has 24 heavy (non-hydrogen) atoms. The van der Waals surface area contributed by atoms with E-state index in [2.05, 4.69) is 10.4 Å². The summed E-state index contributed by atoms with van der Waals surface area (Å²) in [5.41, 5.74) is 2.84. The van der Waals surface area contributed by atoms with E-state index in [4.69, 9.17) is 0 Å². The SMILES string of the molecule is CC(C(=O)Nc1cnn(C)c1)c1ccc(CC2CCCC2=O)cc1. The Morgan fingerprint density at radius 3 is 2.71 bits per heavy atom. The van der Waals surface area contributed by atoms with E-state index in [9.17, 15) is 9.59 Å². The van der Waals surface area contributed by atoms with Crippen molar-refractivity contribution < 1.29 is 9.59 Å². The summed E-state index contributed by atoms with van der Waals surface area (Å²) in [5.74, 6) is 0.277. The standard InChI is InChI=1S/C19H23N3O2/c1-13(19(24)21-17-11-20-22(2)12-17)15-8-6-14(7-9-15)10-16-4-3-5-18(16)23/h6-9,11-13,16H,3-5,10H2,1-2H3,(H,21,24). The molecule has 3 rings (SSSR count). The summed E-state index contributed by atoms with van der Waals surface area (Å²) < 4.78 is 1.65. The summed E-state index contributed by atoms with van der Waals surface area (Å²) in [6.07, 6.45) is 6.97. The van der Waals surface area contributed by atoms with Crippen LogP contribution in [-0.4, -0.2) is 21.5 Å². The lowest BCUT2D eigenvalue weighted by atomic mass is 9.94. The molecule has 1 N–H and O–H groups in total. The lowest BCUT2D eigenvalue weighted by Crippen LogP contribution is -2.18. The van der Waals surface area contributed by atoms with Crippen molar-refractivity contribution in [2.45, 2.75) is 38.5 Å². The summed E-state index contributed by atoms with van der Waals surface area (Å²) in [6.45, 7) is 1.89. The second-order valence-electron chi connectivity index (χ2n) is 6.61. The monoisotopic (exact) mass is 325 g/mol. The number of carbonyl (C=O) groups excluding carboxylic acids is 2. The average Bonchev–Trinajstić information content (AvgIpc) is 3.16. The van der Waals surface area contributed by atoms with Crippen molar-refractivity contribution in [1.29, 1.82) is 0 Å². The zero-order valence-corrected chi connectivity index (χ0v) is 14.2. The van der Waals surface area contributed by atoms with Crippen LogP contribution in [-0.2, 0) is 23.1 Å². The number of rotatable bonds is 5. The Morgan fingerprint density at radius 2 is 2.12 bits per heavy atom. The van der Waals surface area contributed by atoms with Crippen molar-refractivity contribution in [3.05, 3.63) is 47.8 Å². The van der Waals surface area contributed by atoms with Crippen LogP contribution in [0.4, 0.5) is 5.69 Å². The molecule has 1 heterocycles. The molecule has 2 aromatic rings. The third-order valence-corrected chi connectivity index (χ3v) is 4.76. The van der Waals surface area contributed by atoms with E-state index in [1.165, 1.54) is 5.56 Å². The number of nitrogens with one attached hydrogen (secondary N) is 1. The van der Waals surface area contributed by atoms with Crippen molar-refractivity contribution in [2.24, 2.45) is 13.0 Å². The largest absolute Gasteiger partial charge is 0.323 e. The minimum Gasteiger partial charge on any atom is -0.323 e. The molecule has 1 saturated carbocycles. The van der Waals surface area contributed by atoms with Gasteiger partial charge in [-0.2, -0.15) is 5.10 Å². The highest BCUT2D eigenvalue weighted by Crippen LogP contribution is 2.26. The predicted molar refractivity (Wildman–Crippen MR) is 92.7 cm³/mol. The number of benzene rings is 1. The van der Waals surface area contributed by atoms with Crippen LogP contribution in [0.15, 0.2) is 36.7 Å². The summed E-state index contributed by atoms with van der Waals surface area (Å²) in [7, 11) is 1.81. The number of ketones is 1. The van der Waals surface area contributed by atoms with Crippen LogP contribution in [0.2, 0.25) is 0 Å². The maximum absolute atomic E-state index is 12.3. The third-order valence-electron chi connectivity index (χ3n) is 4.76. The van der Waals surface area contributed by atoms with E-state index in [0.717, 1.165) is 31.2 Å². The van der Waals surface area contributed by atoms with Crippen molar-refractivity contribution in [3.63, 3.8) is 0 Å². The molecule has 0 saturated heterocycles. The predicted octanol–water partition coefficient (Wildman–Crippen LogP) is 3.07. The first-order valence-electron chi connectivity index (χ1n) is 8.44. The first-order chi connectivity index (χ1) is 11.5. The molecule has 126 valence electrons. The number of anilines is 1. The summed E-state index contributed by atoms with van der Waals surface area (Å²) in [4.78, 5) is 24.1. The molecule has 0 spiro atoms. The van der Waals surface area contributed by atoms with E-state index in [1.807, 2.05) is 38.2 Å². The topological polar surface area (TPSA) is 64.0 Å². The Hall–Kier alpha value is -2.43. The third kappa shape index (κ3) is 3.72. The van der Waals surface area contributed by atoms with E-state index >= 15 is 0 Å². The van der Waals surface area contributed by atoms with Crippen molar-refractivity contribution >= 4 is 17.4 Å². The molecule has 1 aromatic carbocycles. The van der Waals surface area contributed by atoms with E-state index in [0.29, 0.717) is 11.5 Å². The van der Waals surface area contributed by atoms with Gasteiger partial charge in [0.2, 0.25) is 5.91 Å². The van der Waals surface area contributed by atoms with Gasteiger partial charge in [0.15, 0.2) is 0 Å². The number of aryl methyl sites for hydroxylation is 1. The molecule has 0 bridgehead atoms. The molecule has 1 aromatic heterocycles. The van der Waals surface area contributed by atoms with Gasteiger partial charge in [0.1, 0.15) is 5.78 Å². The molecule has 0 aliphatic heterocycles. The normalized spacial score (nSPS) is 18.6. The molecule has 1 aliphatic carbocycles. The van der Waals surface area contributed by atoms with Gasteiger partial charge >= 0.3 is 0 Å². The number of amides is 1. The molecular formula is C19H23N3O2. The summed E-state index contributed by atoms with van der Waals surface area (Å²) >= 11 is 0. The Labute approximate surface area is 142 Å². The van der Waals surface area contributed by atoms with Crippen LogP contribution in [0.5, 0.6) is 0 Å². The molecular weight excluding hydrogens is 302 g/mol. The van der Waals surface area contributed by atoms with Crippen molar-refractivity contribution in [1.82, 2.24) is 9.78 Å². The Balaban J connectivity index is 1.61. The molecule has 2 atom stereocenters. The minimum atomic E-state index is -0.243. The molecule has 1 fully saturated rings. The quantitative estimate of drug-likeness (QED) is 0.919. The van der Waals surface area contributed by atoms with Crippen LogP contribution in [0.25, 0.3) is 0 Å². The minimum absolute atomic E-state index is 0.0540. The molecule has 2 unspecified atom stereocenters. The molecule has 5 nitrogen and oxygen atoms in total. The van der Waals surface area contributed by atoms with Crippen LogP contribution in [0.1, 0.15) is 43.2 Å². The highest BCUT2D eigenvalue weighted by atomic mass is 16.2. The molecule has 5 heteroatoms. The van der Waals surface area contributed by atoms with E-state index in [1.54, 1.807) is 17.1 Å². The number of hydrogen-bond donors (Lipinski definition) is 1. The number of hydrogen-bond acceptors (Lipinski definition) is 3. The average molecular weight is 325 g/mol. The highest BCUT2D eigenvalue weighted by Gasteiger charge is 2.24. The number of carbonyl (C=O) groups is 2. The fraction of sp³-hybridized carbons (Fsp3) is 0.421. The number of Topliss-reactive ketones (excluding diaryl/α,β-unsaturated/α-hetero) is 1. The maximum atomic E-state index is 12.3. The van der Waals surface area contributed by atoms with E-state index in [-0.39, 0.29) is 17.7 Å². The van der Waals surface area contributed by atoms with Gasteiger partial charge in [-0.25, -0.2) is 0 Å². The maximum Gasteiger partial charge on any atom is 0.231 e. The first kappa shape index (κ1) is 16.4. The van der Waals surface area contributed by atoms with Crippen molar-refractivity contribution in [2.75, 3.05) is 5.32 Å². The Bertz CT molecular complexity index is 733. The van der Waals surface area contributed by atoms with Gasteiger partial charge in [0.25, 0.3) is 0 Å². The second kappa shape index (κ2) is 6.99. The second-order valence-corrected chi connectivity index (χ2v) is 6.61. The van der Waals surface area contributed by atoms with Crippen LogP contribution < -0.4 is 5.32 Å².